The number of hydrogen-bond donors (Lipinski definition) is 1. The third-order valence-electron chi connectivity index (χ3n) is 9.88. The molecule has 1 fully saturated rings. The minimum absolute atomic E-state index is 0.0434. The highest BCUT2D eigenvalue weighted by Gasteiger charge is 2.42. The third kappa shape index (κ3) is 6.24. The molecule has 3 aromatic heterocycles. The number of amides is 3. The number of carbonyl (C=O) groups excluding carboxylic acids is 3. The van der Waals surface area contributed by atoms with Gasteiger partial charge < -0.3 is 5.32 Å². The van der Waals surface area contributed by atoms with E-state index in [0.717, 1.165) is 80.9 Å². The number of rotatable bonds is 8. The summed E-state index contributed by atoms with van der Waals surface area (Å²) in [6.07, 6.45) is 8.01. The summed E-state index contributed by atoms with van der Waals surface area (Å²) in [4.78, 5) is 45.5. The summed E-state index contributed by atoms with van der Waals surface area (Å²) in [7, 11) is 0. The molecule has 1 N–H and O–H groups in total. The zero-order valence-corrected chi connectivity index (χ0v) is 30.4. The van der Waals surface area contributed by atoms with E-state index in [0.29, 0.717) is 48.5 Å². The highest BCUT2D eigenvalue weighted by Crippen LogP contribution is 2.37. The lowest BCUT2D eigenvalue weighted by molar-refractivity contribution is -0.123. The van der Waals surface area contributed by atoms with Gasteiger partial charge in [0.05, 0.1) is 39.5 Å². The molecule has 1 unspecified atom stereocenters. The van der Waals surface area contributed by atoms with Crippen molar-refractivity contribution >= 4 is 46.4 Å². The summed E-state index contributed by atoms with van der Waals surface area (Å²) >= 11 is 7.81. The summed E-state index contributed by atoms with van der Waals surface area (Å²) in [5.74, 6) is 7.77. The van der Waals surface area contributed by atoms with Gasteiger partial charge in [0, 0.05) is 41.9 Å². The van der Waals surface area contributed by atoms with Crippen molar-refractivity contribution in [3.63, 3.8) is 0 Å². The summed E-state index contributed by atoms with van der Waals surface area (Å²) < 4.78 is 4.00. The lowest BCUT2D eigenvalue weighted by atomic mass is 9.98. The summed E-state index contributed by atoms with van der Waals surface area (Å²) in [5, 5.41) is 17.7. The molecule has 8 rings (SSSR count). The number of benzene rings is 2. The van der Waals surface area contributed by atoms with E-state index in [1.54, 1.807) is 23.6 Å². The van der Waals surface area contributed by atoms with Crippen LogP contribution >= 0.6 is 22.9 Å². The van der Waals surface area contributed by atoms with Crippen LogP contribution in [0.25, 0.3) is 5.00 Å². The maximum atomic E-state index is 13.4. The van der Waals surface area contributed by atoms with E-state index in [4.69, 9.17) is 16.6 Å². The molecule has 11 nitrogen and oxygen atoms in total. The molecular weight excluding hydrogens is 696 g/mol. The van der Waals surface area contributed by atoms with Crippen molar-refractivity contribution in [1.82, 2.24) is 34.8 Å². The van der Waals surface area contributed by atoms with Crippen molar-refractivity contribution in [2.45, 2.75) is 71.5 Å². The predicted octanol–water partition coefficient (Wildman–Crippen LogP) is 5.83. The third-order valence-corrected chi connectivity index (χ3v) is 11.3. The van der Waals surface area contributed by atoms with Crippen LogP contribution in [-0.4, -0.2) is 65.5 Å². The SMILES string of the molecule is Cc1c(C#Cc2cnn(CCCCCc3cccc4c3C(=O)N(C3CCC(=O)NC3)C4=O)c2)sc2c1C(c1ccc(Cl)cc1)=NCc1nnc(C)n1-2. The standard InChI is InChI=1S/C39H35ClN8O3S/c1-23-31(52-39-34(23)36(27-11-13-28(40)14-12-27)42-21-32-45-44-24(2)47(32)39)16-10-25-19-43-46(22-25)18-5-3-4-7-26-8-6-9-30-35(26)38(51)48(37(30)50)29-15-17-33(49)41-20-29/h6,8-9,11-14,19,22,29H,3-5,7,15,17-18,20-21H2,1-2H3,(H,41,49). The Kier molecular flexibility index (Phi) is 9.07. The number of aromatic nitrogens is 5. The van der Waals surface area contributed by atoms with Crippen molar-refractivity contribution < 1.29 is 14.4 Å². The fourth-order valence-electron chi connectivity index (χ4n) is 7.20. The number of halogens is 1. The maximum absolute atomic E-state index is 13.4. The van der Waals surface area contributed by atoms with Crippen LogP contribution in [0.5, 0.6) is 0 Å². The second kappa shape index (κ2) is 14.0. The van der Waals surface area contributed by atoms with Gasteiger partial charge in [-0.25, -0.2) is 0 Å². The second-order valence-electron chi connectivity index (χ2n) is 13.3. The van der Waals surface area contributed by atoms with Crippen LogP contribution in [-0.2, 0) is 24.3 Å². The smallest absolute Gasteiger partial charge is 0.262 e. The molecule has 3 aliphatic rings. The molecular formula is C39H35ClN8O3S. The largest absolute Gasteiger partial charge is 0.354 e. The van der Waals surface area contributed by atoms with Gasteiger partial charge in [0.15, 0.2) is 5.82 Å². The second-order valence-corrected chi connectivity index (χ2v) is 14.7. The Morgan fingerprint density at radius 1 is 0.981 bits per heavy atom. The summed E-state index contributed by atoms with van der Waals surface area (Å²) in [6.45, 7) is 5.52. The Morgan fingerprint density at radius 2 is 1.83 bits per heavy atom. The first-order chi connectivity index (χ1) is 25.3. The molecule has 1 atom stereocenters. The zero-order chi connectivity index (χ0) is 35.9. The van der Waals surface area contributed by atoms with Crippen molar-refractivity contribution in [3.05, 3.63) is 115 Å². The Balaban J connectivity index is 0.915. The molecule has 5 aromatic rings. The van der Waals surface area contributed by atoms with Crippen LogP contribution in [0.2, 0.25) is 5.02 Å². The minimum atomic E-state index is -0.305. The normalized spacial score (nSPS) is 16.4. The fourth-order valence-corrected chi connectivity index (χ4v) is 8.55. The molecule has 13 heteroatoms. The maximum Gasteiger partial charge on any atom is 0.262 e. The van der Waals surface area contributed by atoms with E-state index >= 15 is 0 Å². The molecule has 3 aliphatic heterocycles. The lowest BCUT2D eigenvalue weighted by Gasteiger charge is -2.29. The quantitative estimate of drug-likeness (QED) is 0.122. The monoisotopic (exact) mass is 730 g/mol. The van der Waals surface area contributed by atoms with Crippen molar-refractivity contribution in [1.29, 1.82) is 0 Å². The number of nitrogens with zero attached hydrogens (tertiary/aromatic N) is 7. The Hall–Kier alpha value is -5.38. The summed E-state index contributed by atoms with van der Waals surface area (Å²) in [5.41, 5.74) is 6.68. The molecule has 2 aromatic carbocycles. The molecule has 3 amide bonds. The van der Waals surface area contributed by atoms with Crippen LogP contribution in [0.15, 0.2) is 59.9 Å². The van der Waals surface area contributed by atoms with Gasteiger partial charge >= 0.3 is 0 Å². The molecule has 0 aliphatic carbocycles. The van der Waals surface area contributed by atoms with Gasteiger partial charge in [0.25, 0.3) is 11.8 Å². The number of carbonyl (C=O) groups is 3. The van der Waals surface area contributed by atoms with Gasteiger partial charge in [-0.3, -0.25) is 33.5 Å². The van der Waals surface area contributed by atoms with Crippen LogP contribution in [0.4, 0.5) is 0 Å². The number of imide groups is 1. The molecule has 1 saturated heterocycles. The topological polar surface area (TPSA) is 127 Å². The zero-order valence-electron chi connectivity index (χ0n) is 28.8. The highest BCUT2D eigenvalue weighted by atomic mass is 35.5. The first-order valence-electron chi connectivity index (χ1n) is 17.4. The Bertz CT molecular complexity index is 2330. The predicted molar refractivity (Wildman–Crippen MR) is 198 cm³/mol. The number of thiophene rings is 1. The number of hydrogen-bond acceptors (Lipinski definition) is 8. The summed E-state index contributed by atoms with van der Waals surface area (Å²) in [6, 6.07) is 13.0. The van der Waals surface area contributed by atoms with Gasteiger partial charge in [0.2, 0.25) is 5.91 Å². The van der Waals surface area contributed by atoms with Crippen molar-refractivity contribution in [2.75, 3.05) is 6.54 Å². The number of aryl methyl sites for hydroxylation is 3. The average molecular weight is 731 g/mol. The van der Waals surface area contributed by atoms with Crippen molar-refractivity contribution in [2.24, 2.45) is 4.99 Å². The molecule has 0 radical (unpaired) electrons. The number of nitrogens with one attached hydrogen (secondary N) is 1. The van der Waals surface area contributed by atoms with E-state index in [2.05, 4.69) is 43.9 Å². The molecule has 0 bridgehead atoms. The Labute approximate surface area is 309 Å². The fraction of sp³-hybridized carbons (Fsp3) is 0.308. The number of fused-ring (bicyclic) bond motifs is 4. The first kappa shape index (κ1) is 33.7. The van der Waals surface area contributed by atoms with Crippen LogP contribution in [0.3, 0.4) is 0 Å². The van der Waals surface area contributed by atoms with E-state index < -0.39 is 0 Å². The van der Waals surface area contributed by atoms with Gasteiger partial charge in [-0.1, -0.05) is 54.1 Å². The van der Waals surface area contributed by atoms with E-state index in [9.17, 15) is 14.4 Å². The average Bonchev–Trinajstić information content (AvgIpc) is 3.87. The van der Waals surface area contributed by atoms with Gasteiger partial charge in [-0.05, 0) is 68.9 Å². The highest BCUT2D eigenvalue weighted by molar-refractivity contribution is 7.15. The van der Waals surface area contributed by atoms with Gasteiger partial charge in [-0.15, -0.1) is 21.5 Å². The van der Waals surface area contributed by atoms with Gasteiger partial charge in [0.1, 0.15) is 17.4 Å². The number of aliphatic imine (C=N–C) groups is 1. The minimum Gasteiger partial charge on any atom is -0.354 e. The first-order valence-corrected chi connectivity index (χ1v) is 18.6. The van der Waals surface area contributed by atoms with Gasteiger partial charge in [-0.2, -0.15) is 5.10 Å². The molecule has 0 spiro atoms. The van der Waals surface area contributed by atoms with E-state index in [-0.39, 0.29) is 23.8 Å². The molecule has 262 valence electrons. The molecule has 52 heavy (non-hydrogen) atoms. The Morgan fingerprint density at radius 3 is 2.63 bits per heavy atom. The van der Waals surface area contributed by atoms with Crippen LogP contribution < -0.4 is 5.32 Å². The lowest BCUT2D eigenvalue weighted by Crippen LogP contribution is -2.50. The molecule has 0 saturated carbocycles. The molecule has 6 heterocycles. The number of unbranched alkanes of at least 4 members (excludes halogenated alkanes) is 2. The van der Waals surface area contributed by atoms with E-state index in [1.807, 2.05) is 54.2 Å². The van der Waals surface area contributed by atoms with Crippen LogP contribution in [0, 0.1) is 25.7 Å². The van der Waals surface area contributed by atoms with Crippen LogP contribution in [0.1, 0.15) is 97.2 Å². The van der Waals surface area contributed by atoms with E-state index in [1.165, 1.54) is 4.90 Å². The number of piperidine rings is 1. The van der Waals surface area contributed by atoms with Crippen molar-refractivity contribution in [3.8, 4) is 16.8 Å².